The lowest BCUT2D eigenvalue weighted by Gasteiger charge is -1.94. The molecule has 2 aromatic rings. The van der Waals surface area contributed by atoms with Gasteiger partial charge in [-0.2, -0.15) is 0 Å². The molecule has 0 aliphatic rings. The molecule has 0 aliphatic carbocycles. The SMILES string of the molecule is Cc1cc2cc(C)[nH]c(=O)n2c1. The van der Waals surface area contributed by atoms with E-state index in [4.69, 9.17) is 0 Å². The van der Waals surface area contributed by atoms with Crippen LogP contribution in [0.1, 0.15) is 11.3 Å². The first-order valence-corrected chi connectivity index (χ1v) is 3.85. The summed E-state index contributed by atoms with van der Waals surface area (Å²) in [5.41, 5.74) is 2.88. The Hall–Kier alpha value is -1.51. The fourth-order valence-corrected chi connectivity index (χ4v) is 1.39. The quantitative estimate of drug-likeness (QED) is 0.621. The van der Waals surface area contributed by atoms with Crippen molar-refractivity contribution in [3.63, 3.8) is 0 Å². The lowest BCUT2D eigenvalue weighted by Crippen LogP contribution is -2.15. The van der Waals surface area contributed by atoms with Crippen LogP contribution in [0.2, 0.25) is 0 Å². The molecule has 1 N–H and O–H groups in total. The molecule has 0 saturated heterocycles. The second-order valence-electron chi connectivity index (χ2n) is 3.07. The second-order valence-corrected chi connectivity index (χ2v) is 3.07. The maximum absolute atomic E-state index is 11.3. The van der Waals surface area contributed by atoms with E-state index in [1.807, 2.05) is 32.2 Å². The highest BCUT2D eigenvalue weighted by molar-refractivity contribution is 5.50. The molecule has 3 heteroatoms. The van der Waals surface area contributed by atoms with E-state index in [2.05, 4.69) is 4.98 Å². The van der Waals surface area contributed by atoms with Gasteiger partial charge in [-0.05, 0) is 31.5 Å². The monoisotopic (exact) mass is 162 g/mol. The number of aromatic nitrogens is 2. The maximum atomic E-state index is 11.3. The van der Waals surface area contributed by atoms with E-state index < -0.39 is 0 Å². The molecule has 2 aromatic heterocycles. The lowest BCUT2D eigenvalue weighted by atomic mass is 10.3. The Morgan fingerprint density at radius 2 is 2.08 bits per heavy atom. The third-order valence-corrected chi connectivity index (χ3v) is 1.87. The minimum Gasteiger partial charge on any atom is -0.311 e. The van der Waals surface area contributed by atoms with Crippen LogP contribution in [0.4, 0.5) is 0 Å². The average Bonchev–Trinajstić information content (AvgIpc) is 2.29. The fourth-order valence-electron chi connectivity index (χ4n) is 1.39. The largest absolute Gasteiger partial charge is 0.330 e. The van der Waals surface area contributed by atoms with Gasteiger partial charge in [0.25, 0.3) is 0 Å². The topological polar surface area (TPSA) is 37.3 Å². The molecule has 62 valence electrons. The summed E-state index contributed by atoms with van der Waals surface area (Å²) >= 11 is 0. The minimum atomic E-state index is -0.0712. The molecular formula is C9H10N2O. The van der Waals surface area contributed by atoms with Crippen molar-refractivity contribution in [1.82, 2.24) is 9.38 Å². The second kappa shape index (κ2) is 2.24. The van der Waals surface area contributed by atoms with Crippen molar-refractivity contribution >= 4 is 5.52 Å². The highest BCUT2D eigenvalue weighted by Gasteiger charge is 1.98. The Bertz CT molecular complexity index is 479. The summed E-state index contributed by atoms with van der Waals surface area (Å²) in [4.78, 5) is 14.1. The molecule has 0 aliphatic heterocycles. The van der Waals surface area contributed by atoms with Gasteiger partial charge in [0.2, 0.25) is 0 Å². The summed E-state index contributed by atoms with van der Waals surface area (Å²) in [6, 6.07) is 3.94. The number of H-pyrrole nitrogens is 1. The molecule has 0 spiro atoms. The first-order valence-electron chi connectivity index (χ1n) is 3.85. The summed E-state index contributed by atoms with van der Waals surface area (Å²) < 4.78 is 1.61. The Balaban J connectivity index is 2.98. The van der Waals surface area contributed by atoms with Gasteiger partial charge in [0.1, 0.15) is 0 Å². The van der Waals surface area contributed by atoms with E-state index in [9.17, 15) is 4.79 Å². The number of hydrogen-bond acceptors (Lipinski definition) is 1. The zero-order valence-electron chi connectivity index (χ0n) is 7.09. The highest BCUT2D eigenvalue weighted by atomic mass is 16.1. The fraction of sp³-hybridized carbons (Fsp3) is 0.222. The number of fused-ring (bicyclic) bond motifs is 1. The first-order chi connectivity index (χ1) is 5.66. The molecule has 2 rings (SSSR count). The summed E-state index contributed by atoms with van der Waals surface area (Å²) in [6.07, 6.45) is 1.83. The summed E-state index contributed by atoms with van der Waals surface area (Å²) in [5, 5.41) is 0. The Labute approximate surface area is 69.7 Å². The average molecular weight is 162 g/mol. The smallest absolute Gasteiger partial charge is 0.311 e. The van der Waals surface area contributed by atoms with Gasteiger partial charge in [0, 0.05) is 11.9 Å². The van der Waals surface area contributed by atoms with Gasteiger partial charge in [0.15, 0.2) is 0 Å². The summed E-state index contributed by atoms with van der Waals surface area (Å²) in [5.74, 6) is 0. The summed E-state index contributed by atoms with van der Waals surface area (Å²) in [7, 11) is 0. The van der Waals surface area contributed by atoms with Crippen LogP contribution in [-0.2, 0) is 0 Å². The molecular weight excluding hydrogens is 152 g/mol. The Morgan fingerprint density at radius 1 is 1.33 bits per heavy atom. The van der Waals surface area contributed by atoms with Crippen molar-refractivity contribution < 1.29 is 0 Å². The van der Waals surface area contributed by atoms with Crippen molar-refractivity contribution in [2.24, 2.45) is 0 Å². The molecule has 0 radical (unpaired) electrons. The van der Waals surface area contributed by atoms with Crippen LogP contribution < -0.4 is 5.69 Å². The maximum Gasteiger partial charge on any atom is 0.330 e. The number of aryl methyl sites for hydroxylation is 2. The predicted octanol–water partition coefficient (Wildman–Crippen LogP) is 1.24. The third kappa shape index (κ3) is 0.942. The Kier molecular flexibility index (Phi) is 1.33. The summed E-state index contributed by atoms with van der Waals surface area (Å²) in [6.45, 7) is 3.85. The molecule has 0 amide bonds. The van der Waals surface area contributed by atoms with Gasteiger partial charge in [-0.15, -0.1) is 0 Å². The van der Waals surface area contributed by atoms with E-state index in [0.29, 0.717) is 0 Å². The normalized spacial score (nSPS) is 10.8. The minimum absolute atomic E-state index is 0.0712. The molecule has 2 heterocycles. The van der Waals surface area contributed by atoms with E-state index in [0.717, 1.165) is 16.8 Å². The van der Waals surface area contributed by atoms with Crippen LogP contribution >= 0.6 is 0 Å². The van der Waals surface area contributed by atoms with Crippen molar-refractivity contribution in [3.8, 4) is 0 Å². The van der Waals surface area contributed by atoms with Crippen LogP contribution in [0.25, 0.3) is 5.52 Å². The molecule has 12 heavy (non-hydrogen) atoms. The van der Waals surface area contributed by atoms with Crippen LogP contribution in [0, 0.1) is 13.8 Å². The highest BCUT2D eigenvalue weighted by Crippen LogP contribution is 2.06. The number of rotatable bonds is 0. The van der Waals surface area contributed by atoms with Crippen LogP contribution in [-0.4, -0.2) is 9.38 Å². The van der Waals surface area contributed by atoms with Gasteiger partial charge in [0.05, 0.1) is 5.52 Å². The third-order valence-electron chi connectivity index (χ3n) is 1.87. The molecule has 3 nitrogen and oxygen atoms in total. The van der Waals surface area contributed by atoms with Gasteiger partial charge < -0.3 is 4.98 Å². The molecule has 0 fully saturated rings. The van der Waals surface area contributed by atoms with Crippen molar-refractivity contribution in [2.45, 2.75) is 13.8 Å². The first kappa shape index (κ1) is 7.16. The number of aromatic amines is 1. The van der Waals surface area contributed by atoms with Gasteiger partial charge in [-0.1, -0.05) is 0 Å². The lowest BCUT2D eigenvalue weighted by molar-refractivity contribution is 0.976. The zero-order valence-corrected chi connectivity index (χ0v) is 7.09. The number of nitrogens with one attached hydrogen (secondary N) is 1. The van der Waals surface area contributed by atoms with Gasteiger partial charge >= 0.3 is 5.69 Å². The number of hydrogen-bond donors (Lipinski definition) is 1. The standard InChI is InChI=1S/C9H10N2O/c1-6-3-8-4-7(2)10-9(12)11(8)5-6/h3-5H,1-2H3,(H,10,12). The number of nitrogens with zero attached hydrogens (tertiary/aromatic N) is 1. The zero-order chi connectivity index (χ0) is 8.72. The predicted molar refractivity (Wildman–Crippen MR) is 47.5 cm³/mol. The van der Waals surface area contributed by atoms with Gasteiger partial charge in [-0.3, -0.25) is 4.40 Å². The molecule has 0 bridgehead atoms. The molecule has 0 unspecified atom stereocenters. The van der Waals surface area contributed by atoms with E-state index in [-0.39, 0.29) is 5.69 Å². The Morgan fingerprint density at radius 3 is 2.83 bits per heavy atom. The van der Waals surface area contributed by atoms with E-state index in [1.165, 1.54) is 0 Å². The van der Waals surface area contributed by atoms with E-state index >= 15 is 0 Å². The van der Waals surface area contributed by atoms with Crippen molar-refractivity contribution in [3.05, 3.63) is 40.1 Å². The van der Waals surface area contributed by atoms with Crippen LogP contribution in [0.5, 0.6) is 0 Å². The van der Waals surface area contributed by atoms with E-state index in [1.54, 1.807) is 4.40 Å². The molecule has 0 atom stereocenters. The molecule has 0 aromatic carbocycles. The van der Waals surface area contributed by atoms with Gasteiger partial charge in [-0.25, -0.2) is 4.79 Å². The van der Waals surface area contributed by atoms with Crippen LogP contribution in [0.3, 0.4) is 0 Å². The molecule has 0 saturated carbocycles. The van der Waals surface area contributed by atoms with Crippen molar-refractivity contribution in [1.29, 1.82) is 0 Å². The van der Waals surface area contributed by atoms with Crippen molar-refractivity contribution in [2.75, 3.05) is 0 Å². The van der Waals surface area contributed by atoms with Crippen LogP contribution in [0.15, 0.2) is 23.1 Å².